The highest BCUT2D eigenvalue weighted by Crippen LogP contribution is 1.80. The zero-order valence-electron chi connectivity index (χ0n) is 4.39. The number of nitrogens with one attached hydrogen (secondary N) is 1. The molecule has 0 aromatic carbocycles. The van der Waals surface area contributed by atoms with E-state index in [1.165, 1.54) is 0 Å². The van der Waals surface area contributed by atoms with E-state index in [-0.39, 0.29) is 18.7 Å². The first-order valence-electron chi connectivity index (χ1n) is 2.24. The quantitative estimate of drug-likeness (QED) is 0.214. The van der Waals surface area contributed by atoms with Crippen LogP contribution in [0.25, 0.3) is 0 Å². The molecule has 3 N–H and O–H groups in total. The Labute approximate surface area is 47.0 Å². The minimum Gasteiger partial charge on any atom is -0.303 e. The second-order valence-corrected chi connectivity index (χ2v) is 1.27. The van der Waals surface area contributed by atoms with Crippen molar-refractivity contribution >= 4 is 12.2 Å². The van der Waals surface area contributed by atoms with Gasteiger partial charge in [-0.15, -0.1) is 0 Å². The third-order valence-electron chi connectivity index (χ3n) is 0.650. The number of carbonyl (C=O) groups excluding carboxylic acids is 2. The van der Waals surface area contributed by atoms with Gasteiger partial charge in [-0.1, -0.05) is 0 Å². The normalized spacial score (nSPS) is 8.12. The van der Waals surface area contributed by atoms with E-state index in [0.717, 1.165) is 0 Å². The van der Waals surface area contributed by atoms with Crippen molar-refractivity contribution in [2.24, 2.45) is 5.84 Å². The van der Waals surface area contributed by atoms with E-state index in [9.17, 15) is 9.59 Å². The molecule has 0 saturated carbocycles. The molecule has 0 radical (unpaired) electrons. The Kier molecular flexibility index (Phi) is 3.78. The first-order chi connectivity index (χ1) is 3.81. The highest BCUT2D eigenvalue weighted by atomic mass is 16.2. The summed E-state index contributed by atoms with van der Waals surface area (Å²) < 4.78 is 0. The van der Waals surface area contributed by atoms with E-state index >= 15 is 0 Å². The molecule has 0 saturated heterocycles. The Morgan fingerprint density at radius 3 is 2.75 bits per heavy atom. The number of hydrogen-bond acceptors (Lipinski definition) is 3. The van der Waals surface area contributed by atoms with Crippen LogP contribution in [0, 0.1) is 0 Å². The van der Waals surface area contributed by atoms with Crippen LogP contribution in [0.4, 0.5) is 0 Å². The first-order valence-corrected chi connectivity index (χ1v) is 2.24. The van der Waals surface area contributed by atoms with Crippen LogP contribution < -0.4 is 11.3 Å². The summed E-state index contributed by atoms with van der Waals surface area (Å²) >= 11 is 0. The zero-order chi connectivity index (χ0) is 6.41. The van der Waals surface area contributed by atoms with Gasteiger partial charge < -0.3 is 4.79 Å². The van der Waals surface area contributed by atoms with E-state index in [1.807, 2.05) is 5.43 Å². The molecular formula is C4H8N2O2. The van der Waals surface area contributed by atoms with Crippen LogP contribution >= 0.6 is 0 Å². The summed E-state index contributed by atoms with van der Waals surface area (Å²) in [5, 5.41) is 0. The SMILES string of the molecule is NNC(=O)CCC=O. The van der Waals surface area contributed by atoms with Crippen molar-refractivity contribution in [2.45, 2.75) is 12.8 Å². The Morgan fingerprint density at radius 2 is 2.38 bits per heavy atom. The van der Waals surface area contributed by atoms with Gasteiger partial charge in [0.05, 0.1) is 0 Å². The third-order valence-corrected chi connectivity index (χ3v) is 0.650. The van der Waals surface area contributed by atoms with Crippen LogP contribution in [-0.4, -0.2) is 12.2 Å². The number of carbonyl (C=O) groups is 2. The van der Waals surface area contributed by atoms with E-state index in [0.29, 0.717) is 6.29 Å². The van der Waals surface area contributed by atoms with Crippen molar-refractivity contribution in [3.8, 4) is 0 Å². The molecule has 0 spiro atoms. The molecule has 0 aromatic heterocycles. The molecule has 0 aliphatic carbocycles. The highest BCUT2D eigenvalue weighted by Gasteiger charge is 1.93. The van der Waals surface area contributed by atoms with Crippen molar-refractivity contribution < 1.29 is 9.59 Å². The number of nitrogens with two attached hydrogens (primary N) is 1. The Balaban J connectivity index is 3.11. The number of hydrazine groups is 1. The lowest BCUT2D eigenvalue weighted by Gasteiger charge is -1.90. The molecule has 1 amide bonds. The predicted octanol–water partition coefficient (Wildman–Crippen LogP) is -1.04. The number of rotatable bonds is 3. The monoisotopic (exact) mass is 116 g/mol. The van der Waals surface area contributed by atoms with Crippen LogP contribution in [-0.2, 0) is 9.59 Å². The average molecular weight is 116 g/mol. The summed E-state index contributed by atoms with van der Waals surface area (Å²) in [4.78, 5) is 19.8. The van der Waals surface area contributed by atoms with Crippen LogP contribution in [0.15, 0.2) is 0 Å². The van der Waals surface area contributed by atoms with Crippen LogP contribution in [0.3, 0.4) is 0 Å². The minimum absolute atomic E-state index is 0.181. The van der Waals surface area contributed by atoms with Gasteiger partial charge in [-0.25, -0.2) is 5.84 Å². The van der Waals surface area contributed by atoms with E-state index < -0.39 is 0 Å². The van der Waals surface area contributed by atoms with E-state index in [1.54, 1.807) is 0 Å². The molecule has 0 fully saturated rings. The molecule has 0 aliphatic heterocycles. The van der Waals surface area contributed by atoms with Crippen LogP contribution in [0.1, 0.15) is 12.8 Å². The maximum atomic E-state index is 10.2. The summed E-state index contributed by atoms with van der Waals surface area (Å²) in [6.07, 6.45) is 1.10. The molecule has 0 aliphatic rings. The first kappa shape index (κ1) is 7.10. The van der Waals surface area contributed by atoms with Gasteiger partial charge in [-0.3, -0.25) is 10.2 Å². The Hall–Kier alpha value is -0.900. The van der Waals surface area contributed by atoms with Crippen molar-refractivity contribution in [1.82, 2.24) is 5.43 Å². The van der Waals surface area contributed by atoms with Crippen molar-refractivity contribution in [3.63, 3.8) is 0 Å². The van der Waals surface area contributed by atoms with Crippen LogP contribution in [0.2, 0.25) is 0 Å². The smallest absolute Gasteiger partial charge is 0.234 e. The number of amides is 1. The lowest BCUT2D eigenvalue weighted by atomic mass is 10.3. The minimum atomic E-state index is -0.308. The topological polar surface area (TPSA) is 72.2 Å². The van der Waals surface area contributed by atoms with Crippen molar-refractivity contribution in [2.75, 3.05) is 0 Å². The van der Waals surface area contributed by atoms with Gasteiger partial charge >= 0.3 is 0 Å². The fraction of sp³-hybridized carbons (Fsp3) is 0.500. The van der Waals surface area contributed by atoms with Gasteiger partial charge in [0, 0.05) is 12.8 Å². The standard InChI is InChI=1S/C4H8N2O2/c5-6-4(8)2-1-3-7/h3H,1-2,5H2,(H,6,8). The summed E-state index contributed by atoms with van der Waals surface area (Å²) in [5.41, 5.74) is 1.90. The van der Waals surface area contributed by atoms with Gasteiger partial charge in [0.15, 0.2) is 0 Å². The molecule has 0 heterocycles. The molecule has 8 heavy (non-hydrogen) atoms. The predicted molar refractivity (Wildman–Crippen MR) is 27.6 cm³/mol. The lowest BCUT2D eigenvalue weighted by Crippen LogP contribution is -2.29. The maximum absolute atomic E-state index is 10.2. The summed E-state index contributed by atoms with van der Waals surface area (Å²) in [5.74, 6) is 4.39. The van der Waals surface area contributed by atoms with Gasteiger partial charge in [-0.2, -0.15) is 0 Å². The van der Waals surface area contributed by atoms with Crippen LogP contribution in [0.5, 0.6) is 0 Å². The molecule has 0 atom stereocenters. The second kappa shape index (κ2) is 4.26. The number of hydrogen-bond donors (Lipinski definition) is 2. The molecule has 4 heteroatoms. The van der Waals surface area contributed by atoms with Gasteiger partial charge in [0.25, 0.3) is 0 Å². The Bertz CT molecular complexity index is 92.0. The molecule has 0 aromatic rings. The molecular weight excluding hydrogens is 108 g/mol. The molecule has 0 bridgehead atoms. The largest absolute Gasteiger partial charge is 0.303 e. The average Bonchev–Trinajstić information content (AvgIpc) is 1.83. The fourth-order valence-corrected chi connectivity index (χ4v) is 0.262. The highest BCUT2D eigenvalue weighted by molar-refractivity contribution is 5.77. The van der Waals surface area contributed by atoms with Crippen molar-refractivity contribution in [1.29, 1.82) is 0 Å². The Morgan fingerprint density at radius 1 is 1.75 bits per heavy atom. The fourth-order valence-electron chi connectivity index (χ4n) is 0.262. The third kappa shape index (κ3) is 3.30. The molecule has 4 nitrogen and oxygen atoms in total. The zero-order valence-corrected chi connectivity index (χ0v) is 4.39. The summed E-state index contributed by atoms with van der Waals surface area (Å²) in [6.45, 7) is 0. The number of aldehydes is 1. The van der Waals surface area contributed by atoms with E-state index in [4.69, 9.17) is 5.84 Å². The van der Waals surface area contributed by atoms with Gasteiger partial charge in [0.1, 0.15) is 6.29 Å². The summed E-state index contributed by atoms with van der Waals surface area (Å²) in [7, 11) is 0. The maximum Gasteiger partial charge on any atom is 0.234 e. The van der Waals surface area contributed by atoms with Gasteiger partial charge in [-0.05, 0) is 0 Å². The van der Waals surface area contributed by atoms with Gasteiger partial charge in [0.2, 0.25) is 5.91 Å². The second-order valence-electron chi connectivity index (χ2n) is 1.27. The molecule has 0 unspecified atom stereocenters. The summed E-state index contributed by atoms with van der Waals surface area (Å²) in [6, 6.07) is 0. The lowest BCUT2D eigenvalue weighted by molar-refractivity contribution is -0.122. The molecule has 0 rings (SSSR count). The molecule has 46 valence electrons. The van der Waals surface area contributed by atoms with Crippen molar-refractivity contribution in [3.05, 3.63) is 0 Å². The van der Waals surface area contributed by atoms with E-state index in [2.05, 4.69) is 0 Å².